The molecule has 4 nitrogen and oxygen atoms in total. The standard InChI is InChI=1S/C16H6N4/c17-6-10-3-1-2-4-12-13(10)5-15-16(14(12)8-19)11(7-18)9-20-15/h1-5,9H. The molecule has 4 heteroatoms. The SMILES string of the molecule is N#Cc1ccccc2c(C#N)c3c(C#N)cnc3cc12. The Bertz CT molecular complexity index is 982. The molecule has 3 aromatic rings. The van der Waals surface area contributed by atoms with E-state index >= 15 is 0 Å². The summed E-state index contributed by atoms with van der Waals surface area (Å²) < 4.78 is 0. The van der Waals surface area contributed by atoms with E-state index in [0.29, 0.717) is 38.4 Å². The molecule has 0 saturated heterocycles. The number of aromatic nitrogens is 1. The van der Waals surface area contributed by atoms with Crippen LogP contribution in [0.15, 0.2) is 36.5 Å². The van der Waals surface area contributed by atoms with E-state index < -0.39 is 0 Å². The maximum atomic E-state index is 9.45. The smallest absolute Gasteiger partial charge is 0.102 e. The largest absolute Gasteiger partial charge is 0.255 e. The van der Waals surface area contributed by atoms with Crippen molar-refractivity contribution in [3.63, 3.8) is 0 Å². The lowest BCUT2D eigenvalue weighted by molar-refractivity contribution is 1.45. The van der Waals surface area contributed by atoms with Crippen molar-refractivity contribution in [2.24, 2.45) is 0 Å². The van der Waals surface area contributed by atoms with E-state index in [1.165, 1.54) is 6.20 Å². The van der Waals surface area contributed by atoms with Gasteiger partial charge in [0, 0.05) is 22.4 Å². The minimum atomic E-state index is 0.378. The summed E-state index contributed by atoms with van der Waals surface area (Å²) in [5.41, 5.74) is 1.81. The molecule has 0 aliphatic rings. The van der Waals surface area contributed by atoms with Crippen molar-refractivity contribution in [3.05, 3.63) is 53.2 Å². The third kappa shape index (κ3) is 1.48. The van der Waals surface area contributed by atoms with Crippen LogP contribution in [0.3, 0.4) is 0 Å². The molecule has 0 fully saturated rings. The molecule has 0 spiro atoms. The zero-order chi connectivity index (χ0) is 14.1. The fourth-order valence-corrected chi connectivity index (χ4v) is 2.34. The van der Waals surface area contributed by atoms with Gasteiger partial charge < -0.3 is 0 Å². The molecule has 0 saturated carbocycles. The van der Waals surface area contributed by atoms with Crippen LogP contribution in [-0.4, -0.2) is 4.98 Å². The van der Waals surface area contributed by atoms with Gasteiger partial charge in [0.1, 0.15) is 12.1 Å². The van der Waals surface area contributed by atoms with Crippen molar-refractivity contribution in [3.8, 4) is 18.2 Å². The molecule has 3 rings (SSSR count). The second-order valence-corrected chi connectivity index (χ2v) is 4.25. The number of nitriles is 3. The summed E-state index contributed by atoms with van der Waals surface area (Å²) in [6, 6.07) is 15.1. The molecule has 90 valence electrons. The zero-order valence-corrected chi connectivity index (χ0v) is 10.3. The lowest BCUT2D eigenvalue weighted by Crippen LogP contribution is -1.84. The summed E-state index contributed by atoms with van der Waals surface area (Å²) in [7, 11) is 0. The number of fused-ring (bicyclic) bond motifs is 2. The van der Waals surface area contributed by atoms with Gasteiger partial charge in [0.2, 0.25) is 0 Å². The first-order valence-electron chi connectivity index (χ1n) is 5.85. The fourth-order valence-electron chi connectivity index (χ4n) is 2.34. The molecule has 0 bridgehead atoms. The lowest BCUT2D eigenvalue weighted by Gasteiger charge is -2.01. The Morgan fingerprint density at radius 1 is 0.850 bits per heavy atom. The lowest BCUT2D eigenvalue weighted by atomic mass is 9.99. The number of hydrogen-bond acceptors (Lipinski definition) is 4. The van der Waals surface area contributed by atoms with Gasteiger partial charge in [-0.05, 0) is 12.1 Å². The van der Waals surface area contributed by atoms with E-state index in [1.807, 2.05) is 6.07 Å². The summed E-state index contributed by atoms with van der Waals surface area (Å²) in [6.07, 6.45) is 1.45. The van der Waals surface area contributed by atoms with Crippen LogP contribution in [-0.2, 0) is 0 Å². The number of rotatable bonds is 0. The number of hydrogen-bond donors (Lipinski definition) is 0. The molecule has 2 aromatic carbocycles. The van der Waals surface area contributed by atoms with Gasteiger partial charge >= 0.3 is 0 Å². The molecule has 0 amide bonds. The third-order valence-corrected chi connectivity index (χ3v) is 3.23. The quantitative estimate of drug-likeness (QED) is 0.617. The Labute approximate surface area is 114 Å². The third-order valence-electron chi connectivity index (χ3n) is 3.23. The highest BCUT2D eigenvalue weighted by Crippen LogP contribution is 2.30. The summed E-state index contributed by atoms with van der Waals surface area (Å²) >= 11 is 0. The average Bonchev–Trinajstić information content (AvgIpc) is 2.77. The van der Waals surface area contributed by atoms with Gasteiger partial charge in [0.25, 0.3) is 0 Å². The first-order valence-corrected chi connectivity index (χ1v) is 5.85. The second kappa shape index (κ2) is 4.35. The van der Waals surface area contributed by atoms with Crippen LogP contribution < -0.4 is 0 Å². The van der Waals surface area contributed by atoms with Gasteiger partial charge in [0.05, 0.1) is 28.3 Å². The fraction of sp³-hybridized carbons (Fsp3) is 0. The van der Waals surface area contributed by atoms with Crippen LogP contribution in [0.2, 0.25) is 0 Å². The highest BCUT2D eigenvalue weighted by molar-refractivity contribution is 6.06. The molecule has 0 aliphatic carbocycles. The predicted octanol–water partition coefficient (Wildman–Crippen LogP) is 3.00. The first-order chi connectivity index (χ1) is 9.80. The molecule has 0 unspecified atom stereocenters. The van der Waals surface area contributed by atoms with Gasteiger partial charge in [0.15, 0.2) is 0 Å². The Morgan fingerprint density at radius 2 is 1.60 bits per heavy atom. The molecule has 0 atom stereocenters. The molecular weight excluding hydrogens is 248 g/mol. The minimum absolute atomic E-state index is 0.378. The van der Waals surface area contributed by atoms with E-state index in [1.54, 1.807) is 30.3 Å². The number of nitrogens with zero attached hydrogens (tertiary/aromatic N) is 4. The van der Waals surface area contributed by atoms with Crippen molar-refractivity contribution < 1.29 is 0 Å². The monoisotopic (exact) mass is 254 g/mol. The molecule has 0 radical (unpaired) electrons. The van der Waals surface area contributed by atoms with Crippen molar-refractivity contribution in [1.82, 2.24) is 4.98 Å². The van der Waals surface area contributed by atoms with Crippen molar-refractivity contribution in [2.45, 2.75) is 0 Å². The summed E-state index contributed by atoms with van der Waals surface area (Å²) in [5.74, 6) is 0. The van der Waals surface area contributed by atoms with E-state index in [2.05, 4.69) is 17.1 Å². The molecule has 1 heterocycles. The predicted molar refractivity (Wildman–Crippen MR) is 73.4 cm³/mol. The van der Waals surface area contributed by atoms with Crippen molar-refractivity contribution in [2.75, 3.05) is 0 Å². The highest BCUT2D eigenvalue weighted by atomic mass is 14.7. The van der Waals surface area contributed by atoms with E-state index in [-0.39, 0.29) is 0 Å². The highest BCUT2D eigenvalue weighted by Gasteiger charge is 2.14. The maximum absolute atomic E-state index is 9.45. The number of benzene rings is 1. The van der Waals surface area contributed by atoms with Crippen LogP contribution in [0.4, 0.5) is 0 Å². The van der Waals surface area contributed by atoms with Gasteiger partial charge in [-0.3, -0.25) is 4.98 Å². The normalized spacial score (nSPS) is 9.85. The topological polar surface area (TPSA) is 84.3 Å². The maximum Gasteiger partial charge on any atom is 0.102 e. The van der Waals surface area contributed by atoms with Crippen LogP contribution in [0.5, 0.6) is 0 Å². The van der Waals surface area contributed by atoms with Crippen LogP contribution in [0.1, 0.15) is 16.7 Å². The zero-order valence-electron chi connectivity index (χ0n) is 10.3. The summed E-state index contributed by atoms with van der Waals surface area (Å²) in [4.78, 5) is 4.16. The first kappa shape index (κ1) is 11.7. The Balaban J connectivity index is 2.69. The summed E-state index contributed by atoms with van der Waals surface area (Å²) in [6.45, 7) is 0. The Kier molecular flexibility index (Phi) is 2.54. The molecule has 0 N–H and O–H groups in total. The second-order valence-electron chi connectivity index (χ2n) is 4.25. The average molecular weight is 254 g/mol. The van der Waals surface area contributed by atoms with Crippen molar-refractivity contribution >= 4 is 21.7 Å². The van der Waals surface area contributed by atoms with E-state index in [0.717, 1.165) is 0 Å². The van der Waals surface area contributed by atoms with E-state index in [4.69, 9.17) is 5.26 Å². The Morgan fingerprint density at radius 3 is 2.30 bits per heavy atom. The molecule has 0 aliphatic heterocycles. The van der Waals surface area contributed by atoms with Crippen LogP contribution >= 0.6 is 0 Å². The molecule has 1 aromatic heterocycles. The molecular formula is C16H6N4. The van der Waals surface area contributed by atoms with Gasteiger partial charge in [-0.1, -0.05) is 18.2 Å². The van der Waals surface area contributed by atoms with Gasteiger partial charge in [-0.25, -0.2) is 0 Å². The van der Waals surface area contributed by atoms with Crippen molar-refractivity contribution in [1.29, 1.82) is 15.8 Å². The summed E-state index contributed by atoms with van der Waals surface area (Å²) in [5, 5.41) is 29.7. The van der Waals surface area contributed by atoms with Crippen LogP contribution in [0, 0.1) is 34.0 Å². The molecule has 20 heavy (non-hydrogen) atoms. The van der Waals surface area contributed by atoms with Crippen LogP contribution in [0.25, 0.3) is 21.7 Å². The van der Waals surface area contributed by atoms with Gasteiger partial charge in [-0.15, -0.1) is 0 Å². The Hall–Kier alpha value is -3.42. The minimum Gasteiger partial charge on any atom is -0.255 e. The van der Waals surface area contributed by atoms with E-state index in [9.17, 15) is 10.5 Å². The van der Waals surface area contributed by atoms with Gasteiger partial charge in [-0.2, -0.15) is 15.8 Å².